The molecule has 0 fully saturated rings. The normalized spacial score (nSPS) is 8.36. The third-order valence-electron chi connectivity index (χ3n) is 1.37. The summed E-state index contributed by atoms with van der Waals surface area (Å²) in [7, 11) is 0. The molecule has 0 aliphatic rings. The van der Waals surface area contributed by atoms with E-state index in [1.54, 1.807) is 6.20 Å². The number of aryl methyl sites for hydroxylation is 1. The van der Waals surface area contributed by atoms with E-state index in [0.29, 0.717) is 0 Å². The fourth-order valence-electron chi connectivity index (χ4n) is 0.918. The minimum atomic E-state index is 0.755. The second-order valence-corrected chi connectivity index (χ2v) is 2.27. The maximum atomic E-state index is 4.09. The van der Waals surface area contributed by atoms with Gasteiger partial charge in [0.15, 0.2) is 0 Å². The predicted molar refractivity (Wildman–Crippen MR) is 60.4 cm³/mol. The molecule has 0 radical (unpaired) electrons. The quantitative estimate of drug-likeness (QED) is 0.643. The van der Waals surface area contributed by atoms with Crippen LogP contribution in [-0.4, -0.2) is 14.4 Å². The Kier molecular flexibility index (Phi) is 6.37. The van der Waals surface area contributed by atoms with Gasteiger partial charge in [0, 0.05) is 24.8 Å². The monoisotopic (exact) mass is 193 g/mol. The average Bonchev–Trinajstić information content (AvgIpc) is 2.71. The first-order valence-electron chi connectivity index (χ1n) is 5.11. The number of imidazole rings is 1. The van der Waals surface area contributed by atoms with Crippen LogP contribution in [0.1, 0.15) is 33.3 Å². The van der Waals surface area contributed by atoms with E-state index >= 15 is 0 Å². The Morgan fingerprint density at radius 3 is 2.36 bits per heavy atom. The summed E-state index contributed by atoms with van der Waals surface area (Å²) in [4.78, 5) is 8.10. The Bertz CT molecular complexity index is 352. The van der Waals surface area contributed by atoms with Gasteiger partial charge >= 0.3 is 0 Å². The highest BCUT2D eigenvalue weighted by molar-refractivity contribution is 5.27. The Balaban J connectivity index is 0.000000379. The molecule has 2 heterocycles. The van der Waals surface area contributed by atoms with E-state index in [1.165, 1.54) is 0 Å². The van der Waals surface area contributed by atoms with Crippen LogP contribution in [-0.2, 0) is 0 Å². The molecule has 0 saturated heterocycles. The molecule has 0 bridgehead atoms. The van der Waals surface area contributed by atoms with E-state index in [4.69, 9.17) is 0 Å². The van der Waals surface area contributed by atoms with Gasteiger partial charge in [-0.05, 0) is 12.5 Å². The summed E-state index contributed by atoms with van der Waals surface area (Å²) in [5.74, 6) is 0.755. The minimum absolute atomic E-state index is 0.755. The summed E-state index contributed by atoms with van der Waals surface area (Å²) in [5, 5.41) is 0. The largest absolute Gasteiger partial charge is 0.291 e. The van der Waals surface area contributed by atoms with Crippen molar-refractivity contribution < 1.29 is 0 Å². The SMILES string of the molecule is CC.CC.Cc1cnc2nccn2c1. The van der Waals surface area contributed by atoms with Crippen molar-refractivity contribution in [3.05, 3.63) is 30.4 Å². The lowest BCUT2D eigenvalue weighted by atomic mass is 10.4. The van der Waals surface area contributed by atoms with Crippen molar-refractivity contribution in [1.29, 1.82) is 0 Å². The van der Waals surface area contributed by atoms with Crippen molar-refractivity contribution in [1.82, 2.24) is 14.4 Å². The molecule has 14 heavy (non-hydrogen) atoms. The average molecular weight is 193 g/mol. The highest BCUT2D eigenvalue weighted by Crippen LogP contribution is 1.97. The maximum absolute atomic E-state index is 4.09. The number of aromatic nitrogens is 3. The van der Waals surface area contributed by atoms with Crippen molar-refractivity contribution in [2.45, 2.75) is 34.6 Å². The molecule has 0 unspecified atom stereocenters. The van der Waals surface area contributed by atoms with Crippen LogP contribution in [0.25, 0.3) is 5.78 Å². The molecule has 78 valence electrons. The molecule has 0 aliphatic carbocycles. The van der Waals surface area contributed by atoms with Gasteiger partial charge in [-0.1, -0.05) is 27.7 Å². The second-order valence-electron chi connectivity index (χ2n) is 2.27. The third-order valence-corrected chi connectivity index (χ3v) is 1.37. The number of hydrogen-bond donors (Lipinski definition) is 0. The molecular formula is C11H19N3. The molecule has 0 spiro atoms. The van der Waals surface area contributed by atoms with Gasteiger partial charge in [0.25, 0.3) is 0 Å². The topological polar surface area (TPSA) is 30.2 Å². The highest BCUT2D eigenvalue weighted by atomic mass is 15.1. The van der Waals surface area contributed by atoms with Crippen molar-refractivity contribution in [3.63, 3.8) is 0 Å². The Morgan fingerprint density at radius 2 is 1.71 bits per heavy atom. The minimum Gasteiger partial charge on any atom is -0.291 e. The van der Waals surface area contributed by atoms with Crippen molar-refractivity contribution in [2.24, 2.45) is 0 Å². The van der Waals surface area contributed by atoms with Crippen LogP contribution in [0.4, 0.5) is 0 Å². The van der Waals surface area contributed by atoms with Crippen molar-refractivity contribution >= 4 is 5.78 Å². The summed E-state index contributed by atoms with van der Waals surface area (Å²) in [6, 6.07) is 0. The van der Waals surface area contributed by atoms with Crippen LogP contribution in [0.15, 0.2) is 24.8 Å². The molecule has 3 heteroatoms. The zero-order valence-electron chi connectivity index (χ0n) is 9.65. The third kappa shape index (κ3) is 3.17. The van der Waals surface area contributed by atoms with Crippen LogP contribution < -0.4 is 0 Å². The van der Waals surface area contributed by atoms with Gasteiger partial charge < -0.3 is 0 Å². The Labute approximate surface area is 85.8 Å². The highest BCUT2D eigenvalue weighted by Gasteiger charge is 1.91. The molecule has 2 rings (SSSR count). The zero-order valence-corrected chi connectivity index (χ0v) is 9.65. The summed E-state index contributed by atoms with van der Waals surface area (Å²) >= 11 is 0. The number of fused-ring (bicyclic) bond motifs is 1. The maximum Gasteiger partial charge on any atom is 0.233 e. The van der Waals surface area contributed by atoms with E-state index in [9.17, 15) is 0 Å². The van der Waals surface area contributed by atoms with Crippen LogP contribution in [0.3, 0.4) is 0 Å². The summed E-state index contributed by atoms with van der Waals surface area (Å²) in [6.07, 6.45) is 7.43. The molecule has 3 nitrogen and oxygen atoms in total. The van der Waals surface area contributed by atoms with Crippen molar-refractivity contribution in [3.8, 4) is 0 Å². The summed E-state index contributed by atoms with van der Waals surface area (Å²) in [6.45, 7) is 10.0. The summed E-state index contributed by atoms with van der Waals surface area (Å²) < 4.78 is 1.90. The van der Waals surface area contributed by atoms with E-state index in [1.807, 2.05) is 57.6 Å². The van der Waals surface area contributed by atoms with Gasteiger partial charge in [0.05, 0.1) is 0 Å². The fourth-order valence-corrected chi connectivity index (χ4v) is 0.918. The predicted octanol–water partition coefficient (Wildman–Crippen LogP) is 3.09. The Hall–Kier alpha value is -1.38. The van der Waals surface area contributed by atoms with Gasteiger partial charge in [-0.3, -0.25) is 4.40 Å². The molecule has 0 aromatic carbocycles. The smallest absolute Gasteiger partial charge is 0.233 e. The lowest BCUT2D eigenvalue weighted by molar-refractivity contribution is 1.08. The van der Waals surface area contributed by atoms with Gasteiger partial charge in [0.2, 0.25) is 5.78 Å². The van der Waals surface area contributed by atoms with E-state index < -0.39 is 0 Å². The van der Waals surface area contributed by atoms with E-state index in [-0.39, 0.29) is 0 Å². The van der Waals surface area contributed by atoms with Crippen molar-refractivity contribution in [2.75, 3.05) is 0 Å². The number of hydrogen-bond acceptors (Lipinski definition) is 2. The van der Waals surface area contributed by atoms with Gasteiger partial charge in [-0.25, -0.2) is 9.97 Å². The molecule has 2 aromatic heterocycles. The number of nitrogens with zero attached hydrogens (tertiary/aromatic N) is 3. The van der Waals surface area contributed by atoms with Crippen LogP contribution in [0, 0.1) is 6.92 Å². The molecule has 0 saturated carbocycles. The van der Waals surface area contributed by atoms with Crippen LogP contribution in [0.2, 0.25) is 0 Å². The van der Waals surface area contributed by atoms with E-state index in [0.717, 1.165) is 11.3 Å². The van der Waals surface area contributed by atoms with Crippen LogP contribution >= 0.6 is 0 Å². The van der Waals surface area contributed by atoms with E-state index in [2.05, 4.69) is 9.97 Å². The molecule has 0 atom stereocenters. The van der Waals surface area contributed by atoms with Crippen LogP contribution in [0.5, 0.6) is 0 Å². The van der Waals surface area contributed by atoms with Gasteiger partial charge in [-0.15, -0.1) is 0 Å². The zero-order chi connectivity index (χ0) is 11.0. The standard InChI is InChI=1S/C7H7N3.2C2H6/c1-6-4-9-7-8-2-3-10(7)5-6;2*1-2/h2-5H,1H3;2*1-2H3. The van der Waals surface area contributed by atoms with Gasteiger partial charge in [0.1, 0.15) is 0 Å². The number of rotatable bonds is 0. The molecule has 0 aliphatic heterocycles. The molecule has 0 N–H and O–H groups in total. The molecular weight excluding hydrogens is 174 g/mol. The van der Waals surface area contributed by atoms with Gasteiger partial charge in [-0.2, -0.15) is 0 Å². The first-order valence-corrected chi connectivity index (χ1v) is 5.11. The first-order chi connectivity index (χ1) is 6.86. The summed E-state index contributed by atoms with van der Waals surface area (Å²) in [5.41, 5.74) is 1.14. The lowest BCUT2D eigenvalue weighted by Gasteiger charge is -1.91. The molecule has 2 aromatic rings. The second kappa shape index (κ2) is 7.06. The fraction of sp³-hybridized carbons (Fsp3) is 0.455. The molecule has 0 amide bonds. The Morgan fingerprint density at radius 1 is 1.07 bits per heavy atom. The first kappa shape index (κ1) is 12.6. The lowest BCUT2D eigenvalue weighted by Crippen LogP contribution is -1.87.